The van der Waals surface area contributed by atoms with Crippen LogP contribution in [0.15, 0.2) is 48.8 Å². The number of benzene rings is 2. The molecule has 0 saturated carbocycles. The van der Waals surface area contributed by atoms with Gasteiger partial charge in [0.1, 0.15) is 12.1 Å². The Labute approximate surface area is 117 Å². The van der Waals surface area contributed by atoms with Crippen molar-refractivity contribution in [3.8, 4) is 0 Å². The molecule has 0 bridgehead atoms. The number of fused-ring (bicyclic) bond motifs is 1. The molecule has 0 unspecified atom stereocenters. The Bertz CT molecular complexity index is 735. The van der Waals surface area contributed by atoms with Crippen LogP contribution >= 0.6 is 0 Å². The second-order valence-electron chi connectivity index (χ2n) is 4.67. The van der Waals surface area contributed by atoms with E-state index < -0.39 is 0 Å². The van der Waals surface area contributed by atoms with Crippen LogP contribution in [-0.2, 0) is 6.42 Å². The maximum absolute atomic E-state index is 5.78. The standard InChI is InChI=1S/C16H16N4/c1-2-11-3-6-13(7-4-11)20-16-14-8-5-12(17)9-15(14)18-10-19-16/h3-10H,2,17H2,1H3,(H,18,19,20). The lowest BCUT2D eigenvalue weighted by molar-refractivity contribution is 1.14. The highest BCUT2D eigenvalue weighted by Gasteiger charge is 2.04. The molecular formula is C16H16N4. The van der Waals surface area contributed by atoms with Gasteiger partial charge in [-0.3, -0.25) is 0 Å². The van der Waals surface area contributed by atoms with Crippen molar-refractivity contribution < 1.29 is 0 Å². The third kappa shape index (κ3) is 2.40. The number of anilines is 3. The van der Waals surface area contributed by atoms with Gasteiger partial charge in [0, 0.05) is 16.8 Å². The molecule has 4 nitrogen and oxygen atoms in total. The summed E-state index contributed by atoms with van der Waals surface area (Å²) in [7, 11) is 0. The van der Waals surface area contributed by atoms with Crippen molar-refractivity contribution in [2.45, 2.75) is 13.3 Å². The van der Waals surface area contributed by atoms with Gasteiger partial charge in [-0.05, 0) is 42.3 Å². The van der Waals surface area contributed by atoms with E-state index in [9.17, 15) is 0 Å². The second-order valence-corrected chi connectivity index (χ2v) is 4.67. The fourth-order valence-corrected chi connectivity index (χ4v) is 2.13. The van der Waals surface area contributed by atoms with Crippen molar-refractivity contribution in [1.29, 1.82) is 0 Å². The molecule has 4 heteroatoms. The van der Waals surface area contributed by atoms with Crippen LogP contribution < -0.4 is 11.1 Å². The van der Waals surface area contributed by atoms with E-state index in [-0.39, 0.29) is 0 Å². The van der Waals surface area contributed by atoms with Crippen LogP contribution in [0.3, 0.4) is 0 Å². The smallest absolute Gasteiger partial charge is 0.141 e. The van der Waals surface area contributed by atoms with Crippen LogP contribution in [-0.4, -0.2) is 9.97 Å². The van der Waals surface area contributed by atoms with E-state index in [1.54, 1.807) is 6.33 Å². The molecule has 1 aromatic heterocycles. The first kappa shape index (κ1) is 12.4. The van der Waals surface area contributed by atoms with Crippen LogP contribution in [0, 0.1) is 0 Å². The number of nitrogens with two attached hydrogens (primary N) is 1. The predicted octanol–water partition coefficient (Wildman–Crippen LogP) is 3.52. The quantitative estimate of drug-likeness (QED) is 0.710. The van der Waals surface area contributed by atoms with Crippen molar-refractivity contribution in [2.75, 3.05) is 11.1 Å². The van der Waals surface area contributed by atoms with Gasteiger partial charge in [-0.1, -0.05) is 19.1 Å². The monoisotopic (exact) mass is 264 g/mol. The first-order valence-corrected chi connectivity index (χ1v) is 6.62. The van der Waals surface area contributed by atoms with Gasteiger partial charge >= 0.3 is 0 Å². The zero-order chi connectivity index (χ0) is 13.9. The highest BCUT2D eigenvalue weighted by molar-refractivity contribution is 5.92. The molecule has 0 radical (unpaired) electrons. The van der Waals surface area contributed by atoms with Crippen LogP contribution in [0.4, 0.5) is 17.2 Å². The minimum atomic E-state index is 0.703. The summed E-state index contributed by atoms with van der Waals surface area (Å²) < 4.78 is 0. The molecule has 0 aliphatic carbocycles. The first-order valence-electron chi connectivity index (χ1n) is 6.62. The number of nitrogen functional groups attached to an aromatic ring is 1. The van der Waals surface area contributed by atoms with E-state index in [2.05, 4.69) is 46.5 Å². The highest BCUT2D eigenvalue weighted by atomic mass is 15.0. The van der Waals surface area contributed by atoms with Gasteiger partial charge in [0.25, 0.3) is 0 Å². The number of nitrogens with one attached hydrogen (secondary N) is 1. The number of aryl methyl sites for hydroxylation is 1. The molecule has 0 spiro atoms. The predicted molar refractivity (Wildman–Crippen MR) is 83.1 cm³/mol. The van der Waals surface area contributed by atoms with E-state index in [1.165, 1.54) is 5.56 Å². The van der Waals surface area contributed by atoms with Gasteiger partial charge in [0.05, 0.1) is 5.52 Å². The normalized spacial score (nSPS) is 10.7. The lowest BCUT2D eigenvalue weighted by Gasteiger charge is -2.09. The summed E-state index contributed by atoms with van der Waals surface area (Å²) in [5, 5.41) is 4.29. The molecule has 0 aliphatic heterocycles. The Kier molecular flexibility index (Phi) is 3.21. The van der Waals surface area contributed by atoms with Crippen molar-refractivity contribution in [3.63, 3.8) is 0 Å². The van der Waals surface area contributed by atoms with Crippen molar-refractivity contribution in [2.24, 2.45) is 0 Å². The minimum Gasteiger partial charge on any atom is -0.399 e. The topological polar surface area (TPSA) is 63.8 Å². The molecule has 1 heterocycles. The van der Waals surface area contributed by atoms with E-state index >= 15 is 0 Å². The van der Waals surface area contributed by atoms with Gasteiger partial charge in [-0.25, -0.2) is 9.97 Å². The fraction of sp³-hybridized carbons (Fsp3) is 0.125. The fourth-order valence-electron chi connectivity index (χ4n) is 2.13. The lowest BCUT2D eigenvalue weighted by Crippen LogP contribution is -1.96. The van der Waals surface area contributed by atoms with Crippen LogP contribution in [0.5, 0.6) is 0 Å². The summed E-state index contributed by atoms with van der Waals surface area (Å²) in [5.41, 5.74) is 9.65. The summed E-state index contributed by atoms with van der Waals surface area (Å²) >= 11 is 0. The van der Waals surface area contributed by atoms with E-state index in [0.29, 0.717) is 5.69 Å². The van der Waals surface area contributed by atoms with Crippen molar-refractivity contribution >= 4 is 28.1 Å². The molecule has 2 aromatic carbocycles. The second kappa shape index (κ2) is 5.17. The minimum absolute atomic E-state index is 0.703. The average Bonchev–Trinajstić information content (AvgIpc) is 2.48. The molecule has 100 valence electrons. The Morgan fingerprint density at radius 1 is 1.05 bits per heavy atom. The Morgan fingerprint density at radius 2 is 1.85 bits per heavy atom. The van der Waals surface area contributed by atoms with Gasteiger partial charge in [-0.2, -0.15) is 0 Å². The van der Waals surface area contributed by atoms with Crippen molar-refractivity contribution in [3.05, 3.63) is 54.4 Å². The maximum atomic E-state index is 5.78. The third-order valence-electron chi connectivity index (χ3n) is 3.29. The van der Waals surface area contributed by atoms with Crippen LogP contribution in [0.1, 0.15) is 12.5 Å². The summed E-state index contributed by atoms with van der Waals surface area (Å²) in [4.78, 5) is 8.55. The molecule has 0 atom stereocenters. The van der Waals surface area contributed by atoms with Gasteiger partial charge in [-0.15, -0.1) is 0 Å². The molecule has 0 fully saturated rings. The highest BCUT2D eigenvalue weighted by Crippen LogP contribution is 2.24. The molecule has 3 rings (SSSR count). The lowest BCUT2D eigenvalue weighted by atomic mass is 10.1. The third-order valence-corrected chi connectivity index (χ3v) is 3.29. The molecule has 3 N–H and O–H groups in total. The summed E-state index contributed by atoms with van der Waals surface area (Å²) in [6.07, 6.45) is 2.58. The maximum Gasteiger partial charge on any atom is 0.141 e. The van der Waals surface area contributed by atoms with Crippen LogP contribution in [0.2, 0.25) is 0 Å². The number of rotatable bonds is 3. The summed E-state index contributed by atoms with van der Waals surface area (Å²) in [6, 6.07) is 14.0. The molecule has 0 amide bonds. The van der Waals surface area contributed by atoms with Crippen LogP contribution in [0.25, 0.3) is 10.9 Å². The molecule has 20 heavy (non-hydrogen) atoms. The summed E-state index contributed by atoms with van der Waals surface area (Å²) in [5.74, 6) is 0.791. The number of aromatic nitrogens is 2. The van der Waals surface area contributed by atoms with E-state index in [4.69, 9.17) is 5.73 Å². The number of nitrogens with zero attached hydrogens (tertiary/aromatic N) is 2. The van der Waals surface area contributed by atoms with Crippen molar-refractivity contribution in [1.82, 2.24) is 9.97 Å². The zero-order valence-corrected chi connectivity index (χ0v) is 11.3. The molecule has 0 saturated heterocycles. The van der Waals surface area contributed by atoms with E-state index in [1.807, 2.05) is 18.2 Å². The van der Waals surface area contributed by atoms with Gasteiger partial charge in [0.15, 0.2) is 0 Å². The van der Waals surface area contributed by atoms with Gasteiger partial charge in [0.2, 0.25) is 0 Å². The number of hydrogen-bond donors (Lipinski definition) is 2. The zero-order valence-electron chi connectivity index (χ0n) is 11.3. The Morgan fingerprint density at radius 3 is 2.60 bits per heavy atom. The average molecular weight is 264 g/mol. The molecular weight excluding hydrogens is 248 g/mol. The van der Waals surface area contributed by atoms with Gasteiger partial charge < -0.3 is 11.1 Å². The Balaban J connectivity index is 1.97. The number of hydrogen-bond acceptors (Lipinski definition) is 4. The Hall–Kier alpha value is -2.62. The first-order chi connectivity index (χ1) is 9.76. The summed E-state index contributed by atoms with van der Waals surface area (Å²) in [6.45, 7) is 2.14. The SMILES string of the molecule is CCc1ccc(Nc2ncnc3cc(N)ccc23)cc1. The van der Waals surface area contributed by atoms with E-state index in [0.717, 1.165) is 28.8 Å². The largest absolute Gasteiger partial charge is 0.399 e. The molecule has 0 aliphatic rings. The molecule has 3 aromatic rings.